The number of carbonyl (C=O) groups is 8. The van der Waals surface area contributed by atoms with Gasteiger partial charge in [-0.25, -0.2) is 4.79 Å². The maximum atomic E-state index is 12.9. The average molecular weight is 758 g/mol. The van der Waals surface area contributed by atoms with E-state index < -0.39 is 59.8 Å². The molecule has 2 aliphatic heterocycles. The van der Waals surface area contributed by atoms with Gasteiger partial charge in [0.1, 0.15) is 6.10 Å². The highest BCUT2D eigenvalue weighted by molar-refractivity contribution is 6.09. The van der Waals surface area contributed by atoms with Crippen LogP contribution in [-0.4, -0.2) is 209 Å². The summed E-state index contributed by atoms with van der Waals surface area (Å²) in [5.41, 5.74) is 0. The molecule has 3 rings (SSSR count). The van der Waals surface area contributed by atoms with Gasteiger partial charge in [0.05, 0.1) is 32.7 Å². The number of nitrogens with zero attached hydrogens (tertiary/aromatic N) is 4. The van der Waals surface area contributed by atoms with Gasteiger partial charge in [0.15, 0.2) is 6.10 Å². The van der Waals surface area contributed by atoms with E-state index in [0.717, 1.165) is 0 Å². The molecule has 0 radical (unpaired) electrons. The molecule has 1 saturated carbocycles. The van der Waals surface area contributed by atoms with Crippen LogP contribution in [0.2, 0.25) is 0 Å². The van der Waals surface area contributed by atoms with Gasteiger partial charge in [-0.05, 0) is 31.6 Å². The molecule has 3 fully saturated rings. The number of ketones is 1. The second-order valence-corrected chi connectivity index (χ2v) is 13.6. The fourth-order valence-corrected chi connectivity index (χ4v) is 6.42. The molecule has 53 heavy (non-hydrogen) atoms. The van der Waals surface area contributed by atoms with Crippen molar-refractivity contribution in [1.82, 2.24) is 35.6 Å². The molecular formula is C32H51N7O14. The number of Topliss-reactive ketones (excluding diaryl/α,β-unsaturated/α-hetero) is 1. The summed E-state index contributed by atoms with van der Waals surface area (Å²) in [6.45, 7) is 0.689. The maximum Gasteiger partial charge on any atom is 0.343 e. The van der Waals surface area contributed by atoms with Crippen molar-refractivity contribution in [1.29, 1.82) is 0 Å². The highest BCUT2D eigenvalue weighted by Gasteiger charge is 2.46. The van der Waals surface area contributed by atoms with Crippen molar-refractivity contribution >= 4 is 47.4 Å². The summed E-state index contributed by atoms with van der Waals surface area (Å²) in [7, 11) is 0. The van der Waals surface area contributed by atoms with Crippen LogP contribution in [0.4, 0.5) is 0 Å². The Balaban J connectivity index is 1.41. The van der Waals surface area contributed by atoms with E-state index in [1.807, 2.05) is 0 Å². The Morgan fingerprint density at radius 2 is 1.11 bits per heavy atom. The smallest absolute Gasteiger partial charge is 0.343 e. The lowest BCUT2D eigenvalue weighted by atomic mass is 9.81. The number of hydrogen-bond acceptors (Lipinski definition) is 15. The van der Waals surface area contributed by atoms with Crippen molar-refractivity contribution in [3.8, 4) is 0 Å². The van der Waals surface area contributed by atoms with Crippen LogP contribution in [-0.2, 0) is 43.1 Å². The van der Waals surface area contributed by atoms with Gasteiger partial charge in [-0.1, -0.05) is 0 Å². The average Bonchev–Trinajstić information content (AvgIpc) is 3.36. The molecule has 0 aromatic heterocycles. The largest absolute Gasteiger partial charge is 0.480 e. The summed E-state index contributed by atoms with van der Waals surface area (Å²) in [6.07, 6.45) is -2.71. The van der Waals surface area contributed by atoms with Crippen LogP contribution in [0.5, 0.6) is 0 Å². The molecule has 2 heterocycles. The third-order valence-corrected chi connectivity index (χ3v) is 9.48. The number of hydrogen-bond donors (Lipinski definition) is 8. The number of carboxylic acids is 3. The number of esters is 1. The molecule has 21 nitrogen and oxygen atoms in total. The third kappa shape index (κ3) is 15.3. The topological polar surface area (TPSA) is 296 Å². The summed E-state index contributed by atoms with van der Waals surface area (Å²) in [5, 5.41) is 55.5. The Labute approximate surface area is 305 Å². The number of aliphatic carboxylic acids is 3. The van der Waals surface area contributed by atoms with Crippen molar-refractivity contribution in [2.75, 3.05) is 98.2 Å². The zero-order chi connectivity index (χ0) is 39.1. The van der Waals surface area contributed by atoms with Gasteiger partial charge in [-0.15, -0.1) is 0 Å². The standard InChI is InChI=1S/C32H51N7O14/c40-22(30-28(49)29(50)32(52)53-30)14-35-31(51)21-3-1-20(2-4-21)13-33-23(41)15-34-24(42)16-36-5-7-37(17-25(43)44)9-11-39(19-27(47)48)12-10-38(8-6-36)18-26(45)46/h20-22,29-30,40,50H,1-19H2,(H,33,41)(H,34,42)(H,35,51)(H,43,44)(H,45,46)(H,47,48)/t20?,21?,22-,29?,30+/m1/s1. The van der Waals surface area contributed by atoms with Gasteiger partial charge in [0, 0.05) is 71.4 Å². The number of rotatable bonds is 16. The van der Waals surface area contributed by atoms with E-state index in [2.05, 4.69) is 20.7 Å². The summed E-state index contributed by atoms with van der Waals surface area (Å²) in [4.78, 5) is 102. The SMILES string of the molecule is O=C(O)CN1CCN(CC(=O)O)CCN(CC(=O)NCC(=O)NCC2CCC(C(=O)NC[C@@H](O)[C@@H]3OC(=O)C(O)C3=O)CC2)CCN(CC(=O)O)CC1. The maximum absolute atomic E-state index is 12.9. The van der Waals surface area contributed by atoms with Crippen molar-refractivity contribution in [3.63, 3.8) is 0 Å². The Hall–Kier alpha value is -4.28. The van der Waals surface area contributed by atoms with Crippen LogP contribution in [0.25, 0.3) is 0 Å². The van der Waals surface area contributed by atoms with E-state index >= 15 is 0 Å². The first kappa shape index (κ1) is 43.1. The molecule has 3 amide bonds. The summed E-state index contributed by atoms with van der Waals surface area (Å²) in [6, 6.07) is 0. The number of cyclic esters (lactones) is 1. The summed E-state index contributed by atoms with van der Waals surface area (Å²) < 4.78 is 4.66. The second kappa shape index (κ2) is 21.4. The van der Waals surface area contributed by atoms with Gasteiger partial charge < -0.3 is 46.2 Å². The highest BCUT2D eigenvalue weighted by Crippen LogP contribution is 2.28. The van der Waals surface area contributed by atoms with Crippen molar-refractivity contribution in [2.24, 2.45) is 11.8 Å². The molecule has 3 atom stereocenters. The minimum absolute atomic E-state index is 0.0855. The molecule has 3 aliphatic rings. The molecule has 0 aromatic rings. The van der Waals surface area contributed by atoms with E-state index in [1.165, 1.54) is 0 Å². The zero-order valence-corrected chi connectivity index (χ0v) is 29.5. The highest BCUT2D eigenvalue weighted by atomic mass is 16.6. The Kier molecular flexibility index (Phi) is 17.4. The minimum atomic E-state index is -1.95. The fraction of sp³-hybridized carbons (Fsp3) is 0.750. The molecule has 1 aliphatic carbocycles. The van der Waals surface area contributed by atoms with Gasteiger partial charge >= 0.3 is 23.9 Å². The summed E-state index contributed by atoms with van der Waals surface area (Å²) in [5.74, 6) is -6.77. The Morgan fingerprint density at radius 1 is 0.660 bits per heavy atom. The monoisotopic (exact) mass is 757 g/mol. The number of amides is 3. The van der Waals surface area contributed by atoms with Crippen molar-refractivity contribution in [2.45, 2.75) is 44.0 Å². The van der Waals surface area contributed by atoms with Crippen LogP contribution in [0.3, 0.4) is 0 Å². The lowest BCUT2D eigenvalue weighted by Crippen LogP contribution is -2.50. The number of carbonyl (C=O) groups excluding carboxylic acids is 5. The van der Waals surface area contributed by atoms with Gasteiger partial charge in [0.25, 0.3) is 0 Å². The molecule has 8 N–H and O–H groups in total. The number of aliphatic hydroxyl groups excluding tert-OH is 2. The first-order valence-corrected chi connectivity index (χ1v) is 17.6. The predicted octanol–water partition coefficient (Wildman–Crippen LogP) is -5.17. The number of ether oxygens (including phenoxy) is 1. The first-order valence-electron chi connectivity index (χ1n) is 17.6. The second-order valence-electron chi connectivity index (χ2n) is 13.6. The molecule has 2 saturated heterocycles. The van der Waals surface area contributed by atoms with Crippen LogP contribution >= 0.6 is 0 Å². The van der Waals surface area contributed by atoms with Crippen LogP contribution in [0.1, 0.15) is 25.7 Å². The summed E-state index contributed by atoms with van der Waals surface area (Å²) >= 11 is 0. The molecule has 0 spiro atoms. The lowest BCUT2D eigenvalue weighted by Gasteiger charge is -2.32. The molecule has 21 heteroatoms. The van der Waals surface area contributed by atoms with E-state index in [4.69, 9.17) is 0 Å². The fourth-order valence-electron chi connectivity index (χ4n) is 6.42. The lowest BCUT2D eigenvalue weighted by molar-refractivity contribution is -0.150. The van der Waals surface area contributed by atoms with Crippen LogP contribution in [0, 0.1) is 11.8 Å². The normalized spacial score (nSPS) is 24.9. The van der Waals surface area contributed by atoms with Gasteiger partial charge in [-0.3, -0.25) is 53.2 Å². The van der Waals surface area contributed by atoms with Crippen molar-refractivity contribution < 1.29 is 68.6 Å². The first-order chi connectivity index (χ1) is 25.1. The van der Waals surface area contributed by atoms with E-state index in [0.29, 0.717) is 32.2 Å². The van der Waals surface area contributed by atoms with E-state index in [9.17, 15) is 63.9 Å². The van der Waals surface area contributed by atoms with Crippen LogP contribution in [0.15, 0.2) is 0 Å². The quantitative estimate of drug-likeness (QED) is 0.0539. The zero-order valence-electron chi connectivity index (χ0n) is 29.5. The van der Waals surface area contributed by atoms with E-state index in [-0.39, 0.29) is 109 Å². The Bertz CT molecular complexity index is 1300. The van der Waals surface area contributed by atoms with E-state index in [1.54, 1.807) is 19.6 Å². The van der Waals surface area contributed by atoms with Gasteiger partial charge in [-0.2, -0.15) is 0 Å². The van der Waals surface area contributed by atoms with Gasteiger partial charge in [0.2, 0.25) is 29.6 Å². The predicted molar refractivity (Wildman–Crippen MR) is 180 cm³/mol. The third-order valence-electron chi connectivity index (χ3n) is 9.48. The molecule has 1 unspecified atom stereocenters. The molecule has 0 aromatic carbocycles. The van der Waals surface area contributed by atoms with Crippen molar-refractivity contribution in [3.05, 3.63) is 0 Å². The number of carboxylic acid groups (broad SMARTS) is 3. The molecular weight excluding hydrogens is 706 g/mol. The number of nitrogens with one attached hydrogen (secondary N) is 3. The molecule has 298 valence electrons. The van der Waals surface area contributed by atoms with Crippen LogP contribution < -0.4 is 16.0 Å². The number of aliphatic hydroxyl groups is 2. The molecule has 0 bridgehead atoms. The Morgan fingerprint density at radius 3 is 1.53 bits per heavy atom. The minimum Gasteiger partial charge on any atom is -0.480 e.